The number of nitro groups is 1. The summed E-state index contributed by atoms with van der Waals surface area (Å²) in [7, 11) is 0. The third kappa shape index (κ3) is 7.93. The van der Waals surface area contributed by atoms with Gasteiger partial charge < -0.3 is 15.0 Å². The van der Waals surface area contributed by atoms with Crippen molar-refractivity contribution in [2.75, 3.05) is 19.6 Å². The number of nitrogens with zero attached hydrogens (tertiary/aromatic N) is 2. The Bertz CT molecular complexity index is 753. The number of piperidine rings is 1. The molecule has 1 heterocycles. The van der Waals surface area contributed by atoms with E-state index < -0.39 is 10.5 Å². The number of nitrogens with one attached hydrogen (secondary N) is 1. The van der Waals surface area contributed by atoms with E-state index in [1.807, 2.05) is 20.8 Å². The number of ether oxygens (including phenoxy) is 1. The molecule has 2 amide bonds. The smallest absolute Gasteiger partial charge is 0.410 e. The van der Waals surface area contributed by atoms with E-state index in [-0.39, 0.29) is 17.7 Å². The van der Waals surface area contributed by atoms with E-state index in [0.29, 0.717) is 31.1 Å². The maximum absolute atomic E-state index is 12.2. The maximum atomic E-state index is 12.2. The van der Waals surface area contributed by atoms with Gasteiger partial charge in [0.25, 0.3) is 5.69 Å². The summed E-state index contributed by atoms with van der Waals surface area (Å²) < 4.78 is 5.43. The largest absolute Gasteiger partial charge is 0.444 e. The van der Waals surface area contributed by atoms with Crippen LogP contribution in [-0.2, 0) is 9.53 Å². The van der Waals surface area contributed by atoms with Crippen LogP contribution in [0.25, 0.3) is 6.08 Å². The van der Waals surface area contributed by atoms with Gasteiger partial charge in [-0.3, -0.25) is 14.9 Å². The molecule has 0 saturated carbocycles. The van der Waals surface area contributed by atoms with Crippen LogP contribution in [0, 0.1) is 16.0 Å². The fourth-order valence-electron chi connectivity index (χ4n) is 3.13. The molecule has 1 N–H and O–H groups in total. The standard InChI is InChI=1S/C21H29N3O5/c1-21(2,3)29-20(26)23-14-4-5-17(15-23)12-13-22-19(25)11-8-16-6-9-18(10-7-16)24(27)28/h6-11,17H,4-5,12-15H2,1-3H3,(H,22,25). The Kier molecular flexibility index (Phi) is 7.75. The number of non-ortho nitro benzene ring substituents is 1. The minimum absolute atomic E-state index is 0.0134. The lowest BCUT2D eigenvalue weighted by molar-refractivity contribution is -0.384. The summed E-state index contributed by atoms with van der Waals surface area (Å²) in [6.45, 7) is 7.43. The number of hydrogen-bond acceptors (Lipinski definition) is 5. The van der Waals surface area contributed by atoms with Crippen LogP contribution < -0.4 is 5.32 Å². The van der Waals surface area contributed by atoms with Crippen molar-refractivity contribution in [2.45, 2.75) is 45.6 Å². The summed E-state index contributed by atoms with van der Waals surface area (Å²) in [6, 6.07) is 5.98. The molecule has 2 rings (SSSR count). The number of likely N-dealkylation sites (tertiary alicyclic amines) is 1. The van der Waals surface area contributed by atoms with Crippen molar-refractivity contribution < 1.29 is 19.2 Å². The van der Waals surface area contributed by atoms with E-state index in [4.69, 9.17) is 4.74 Å². The van der Waals surface area contributed by atoms with E-state index in [0.717, 1.165) is 19.3 Å². The molecule has 0 radical (unpaired) electrons. The van der Waals surface area contributed by atoms with Gasteiger partial charge >= 0.3 is 6.09 Å². The zero-order valence-electron chi connectivity index (χ0n) is 17.2. The summed E-state index contributed by atoms with van der Waals surface area (Å²) >= 11 is 0. The number of rotatable bonds is 6. The normalized spacial score (nSPS) is 17.2. The molecule has 1 saturated heterocycles. The Balaban J connectivity index is 1.73. The molecular weight excluding hydrogens is 374 g/mol. The molecule has 1 fully saturated rings. The summed E-state index contributed by atoms with van der Waals surface area (Å²) in [6.07, 6.45) is 5.48. The van der Waals surface area contributed by atoms with Crippen molar-refractivity contribution in [1.82, 2.24) is 10.2 Å². The first-order valence-electron chi connectivity index (χ1n) is 9.82. The zero-order chi connectivity index (χ0) is 21.4. The van der Waals surface area contributed by atoms with Gasteiger partial charge in [-0.05, 0) is 69.7 Å². The average molecular weight is 403 g/mol. The van der Waals surface area contributed by atoms with Crippen LogP contribution in [0.15, 0.2) is 30.3 Å². The molecule has 1 unspecified atom stereocenters. The molecule has 1 aliphatic rings. The second kappa shape index (κ2) is 10.0. The molecular formula is C21H29N3O5. The molecule has 1 aliphatic heterocycles. The van der Waals surface area contributed by atoms with Crippen molar-refractivity contribution in [3.8, 4) is 0 Å². The van der Waals surface area contributed by atoms with Crippen LogP contribution in [0.2, 0.25) is 0 Å². The minimum atomic E-state index is -0.506. The summed E-state index contributed by atoms with van der Waals surface area (Å²) in [5.74, 6) is 0.110. The molecule has 0 aromatic heterocycles. The molecule has 0 bridgehead atoms. The Morgan fingerprint density at radius 3 is 2.62 bits per heavy atom. The second-order valence-corrected chi connectivity index (χ2v) is 8.20. The topological polar surface area (TPSA) is 102 Å². The summed E-state index contributed by atoms with van der Waals surface area (Å²) in [5.41, 5.74) is 0.221. The van der Waals surface area contributed by atoms with Gasteiger partial charge in [-0.1, -0.05) is 0 Å². The highest BCUT2D eigenvalue weighted by molar-refractivity contribution is 5.91. The Hall–Kier alpha value is -2.90. The molecule has 29 heavy (non-hydrogen) atoms. The van der Waals surface area contributed by atoms with E-state index in [9.17, 15) is 19.7 Å². The molecule has 1 atom stereocenters. The predicted octanol–water partition coefficient (Wildman–Crippen LogP) is 3.76. The van der Waals surface area contributed by atoms with Crippen LogP contribution >= 0.6 is 0 Å². The molecule has 8 heteroatoms. The Morgan fingerprint density at radius 2 is 2.00 bits per heavy atom. The van der Waals surface area contributed by atoms with Gasteiger partial charge in [0.05, 0.1) is 4.92 Å². The monoisotopic (exact) mass is 403 g/mol. The molecule has 0 spiro atoms. The third-order valence-electron chi connectivity index (χ3n) is 4.55. The van der Waals surface area contributed by atoms with Crippen molar-refractivity contribution in [3.05, 3.63) is 46.0 Å². The fourth-order valence-corrected chi connectivity index (χ4v) is 3.13. The van der Waals surface area contributed by atoms with Crippen LogP contribution in [0.5, 0.6) is 0 Å². The van der Waals surface area contributed by atoms with Crippen molar-refractivity contribution >= 4 is 23.8 Å². The maximum Gasteiger partial charge on any atom is 0.410 e. The molecule has 8 nitrogen and oxygen atoms in total. The zero-order valence-corrected chi connectivity index (χ0v) is 17.2. The molecule has 1 aromatic carbocycles. The number of hydrogen-bond donors (Lipinski definition) is 1. The first-order valence-corrected chi connectivity index (χ1v) is 9.82. The lowest BCUT2D eigenvalue weighted by atomic mass is 9.95. The van der Waals surface area contributed by atoms with Gasteiger partial charge in [0, 0.05) is 37.8 Å². The van der Waals surface area contributed by atoms with Gasteiger partial charge in [0.15, 0.2) is 0 Å². The average Bonchev–Trinajstić information content (AvgIpc) is 2.65. The molecule has 1 aromatic rings. The number of carbonyl (C=O) groups excluding carboxylic acids is 2. The SMILES string of the molecule is CC(C)(C)OC(=O)N1CCCC(CCNC(=O)C=Cc2ccc([N+](=O)[O-])cc2)C1. The van der Waals surface area contributed by atoms with Gasteiger partial charge in [0.1, 0.15) is 5.60 Å². The predicted molar refractivity (Wildman–Crippen MR) is 110 cm³/mol. The number of benzene rings is 1. The lowest BCUT2D eigenvalue weighted by Gasteiger charge is -2.34. The Labute approximate surface area is 171 Å². The highest BCUT2D eigenvalue weighted by Gasteiger charge is 2.27. The van der Waals surface area contributed by atoms with Gasteiger partial charge in [0.2, 0.25) is 5.91 Å². The van der Waals surface area contributed by atoms with E-state index >= 15 is 0 Å². The van der Waals surface area contributed by atoms with E-state index in [1.54, 1.807) is 23.1 Å². The Morgan fingerprint density at radius 1 is 1.31 bits per heavy atom. The van der Waals surface area contributed by atoms with Crippen LogP contribution in [-0.4, -0.2) is 47.1 Å². The van der Waals surface area contributed by atoms with Gasteiger partial charge in [-0.2, -0.15) is 0 Å². The summed E-state index contributed by atoms with van der Waals surface area (Å²) in [4.78, 5) is 36.1. The highest BCUT2D eigenvalue weighted by Crippen LogP contribution is 2.21. The van der Waals surface area contributed by atoms with Gasteiger partial charge in [-0.25, -0.2) is 4.79 Å². The summed E-state index contributed by atoms with van der Waals surface area (Å²) in [5, 5.41) is 13.5. The fraction of sp³-hybridized carbons (Fsp3) is 0.524. The minimum Gasteiger partial charge on any atom is -0.444 e. The van der Waals surface area contributed by atoms with E-state index in [2.05, 4.69) is 5.32 Å². The molecule has 158 valence electrons. The first kappa shape index (κ1) is 22.4. The quantitative estimate of drug-likeness (QED) is 0.443. The van der Waals surface area contributed by atoms with Crippen molar-refractivity contribution in [1.29, 1.82) is 0 Å². The van der Waals surface area contributed by atoms with Crippen molar-refractivity contribution in [3.63, 3.8) is 0 Å². The van der Waals surface area contributed by atoms with Gasteiger partial charge in [-0.15, -0.1) is 0 Å². The van der Waals surface area contributed by atoms with E-state index in [1.165, 1.54) is 18.2 Å². The molecule has 0 aliphatic carbocycles. The van der Waals surface area contributed by atoms with Crippen molar-refractivity contribution in [2.24, 2.45) is 5.92 Å². The third-order valence-corrected chi connectivity index (χ3v) is 4.55. The lowest BCUT2D eigenvalue weighted by Crippen LogP contribution is -2.43. The van der Waals surface area contributed by atoms with Crippen LogP contribution in [0.1, 0.15) is 45.6 Å². The second-order valence-electron chi connectivity index (χ2n) is 8.20. The van der Waals surface area contributed by atoms with Crippen LogP contribution in [0.4, 0.5) is 10.5 Å². The first-order chi connectivity index (χ1) is 13.6. The number of nitro benzene ring substituents is 1. The van der Waals surface area contributed by atoms with Crippen LogP contribution in [0.3, 0.4) is 0 Å². The highest BCUT2D eigenvalue weighted by atomic mass is 16.6. The number of amides is 2. The number of carbonyl (C=O) groups is 2.